The van der Waals surface area contributed by atoms with Gasteiger partial charge in [-0.1, -0.05) is 12.1 Å². The molecule has 2 aromatic rings. The number of rotatable bonds is 2. The second-order valence-corrected chi connectivity index (χ2v) is 5.94. The summed E-state index contributed by atoms with van der Waals surface area (Å²) >= 11 is 0. The maximum atomic E-state index is 12.6. The maximum Gasteiger partial charge on any atom is 0.185 e. The minimum absolute atomic E-state index is 0.0563. The number of carbonyl (C=O) groups is 1. The van der Waals surface area contributed by atoms with E-state index < -0.39 is 0 Å². The number of carbonyl (C=O) groups excluding carboxylic acids is 1. The second-order valence-electron chi connectivity index (χ2n) is 5.94. The number of hydrogen-bond acceptors (Lipinski definition) is 5. The highest BCUT2D eigenvalue weighted by Gasteiger charge is 2.23. The van der Waals surface area contributed by atoms with Gasteiger partial charge in [-0.25, -0.2) is 0 Å². The van der Waals surface area contributed by atoms with E-state index >= 15 is 0 Å². The van der Waals surface area contributed by atoms with Crippen molar-refractivity contribution in [2.24, 2.45) is 0 Å². The Balaban J connectivity index is 1.86. The highest BCUT2D eigenvalue weighted by molar-refractivity contribution is 6.15. The van der Waals surface area contributed by atoms with Gasteiger partial charge in [0.1, 0.15) is 0 Å². The van der Waals surface area contributed by atoms with Gasteiger partial charge in [0.2, 0.25) is 0 Å². The van der Waals surface area contributed by atoms with Crippen molar-refractivity contribution in [2.45, 2.75) is 12.8 Å². The summed E-state index contributed by atoms with van der Waals surface area (Å²) in [5.74, 6) is 0.0563. The SMILES string of the molecule is Nc1ccc(C=C2CCC(=Cc3ccc(N)c(N)c3)C2=O)cc1N. The minimum atomic E-state index is 0.0563. The van der Waals surface area contributed by atoms with E-state index in [0.29, 0.717) is 35.6 Å². The normalized spacial score (nSPS) is 17.8. The molecular formula is C19H20N4O. The minimum Gasteiger partial charge on any atom is -0.397 e. The molecule has 2 aromatic carbocycles. The van der Waals surface area contributed by atoms with Crippen LogP contribution in [-0.2, 0) is 4.79 Å². The lowest BCUT2D eigenvalue weighted by molar-refractivity contribution is -0.111. The summed E-state index contributed by atoms with van der Waals surface area (Å²) in [6.45, 7) is 0. The number of nitrogen functional groups attached to an aromatic ring is 4. The number of anilines is 4. The summed E-state index contributed by atoms with van der Waals surface area (Å²) in [6, 6.07) is 10.8. The predicted octanol–water partition coefficient (Wildman–Crippen LogP) is 2.85. The van der Waals surface area contributed by atoms with E-state index in [-0.39, 0.29) is 5.78 Å². The molecule has 0 bridgehead atoms. The van der Waals surface area contributed by atoms with Gasteiger partial charge in [0, 0.05) is 11.1 Å². The van der Waals surface area contributed by atoms with Crippen LogP contribution in [0.25, 0.3) is 12.2 Å². The van der Waals surface area contributed by atoms with Crippen molar-refractivity contribution < 1.29 is 4.79 Å². The quantitative estimate of drug-likeness (QED) is 0.501. The van der Waals surface area contributed by atoms with Crippen LogP contribution in [0.2, 0.25) is 0 Å². The Bertz CT molecular complexity index is 809. The van der Waals surface area contributed by atoms with Gasteiger partial charge < -0.3 is 22.9 Å². The molecule has 0 aromatic heterocycles. The van der Waals surface area contributed by atoms with Crippen molar-refractivity contribution in [2.75, 3.05) is 22.9 Å². The lowest BCUT2D eigenvalue weighted by Gasteiger charge is -2.03. The molecule has 0 heterocycles. The molecule has 0 aliphatic heterocycles. The number of hydrogen-bond donors (Lipinski definition) is 4. The number of benzene rings is 2. The molecule has 1 saturated carbocycles. The molecule has 1 aliphatic carbocycles. The van der Waals surface area contributed by atoms with E-state index in [4.69, 9.17) is 22.9 Å². The van der Waals surface area contributed by atoms with Crippen LogP contribution in [0.1, 0.15) is 24.0 Å². The average Bonchev–Trinajstić information content (AvgIpc) is 2.88. The van der Waals surface area contributed by atoms with E-state index in [0.717, 1.165) is 22.3 Å². The third-order valence-electron chi connectivity index (χ3n) is 4.15. The first-order valence-electron chi connectivity index (χ1n) is 7.70. The van der Waals surface area contributed by atoms with Crippen LogP contribution in [0.5, 0.6) is 0 Å². The fraction of sp³-hybridized carbons (Fsp3) is 0.105. The largest absolute Gasteiger partial charge is 0.397 e. The zero-order chi connectivity index (χ0) is 17.3. The van der Waals surface area contributed by atoms with Crippen LogP contribution in [0.3, 0.4) is 0 Å². The first-order valence-corrected chi connectivity index (χ1v) is 7.70. The molecule has 0 saturated heterocycles. The Morgan fingerprint density at radius 2 is 1.08 bits per heavy atom. The molecule has 5 nitrogen and oxygen atoms in total. The highest BCUT2D eigenvalue weighted by atomic mass is 16.1. The summed E-state index contributed by atoms with van der Waals surface area (Å²) in [6.07, 6.45) is 5.16. The molecule has 5 heteroatoms. The van der Waals surface area contributed by atoms with E-state index in [1.54, 1.807) is 24.3 Å². The standard InChI is InChI=1S/C19H20N4O/c20-15-5-1-11(9-17(15)22)7-13-3-4-14(19(13)24)8-12-2-6-16(21)18(23)10-12/h1-2,5-10H,3-4,20-23H2. The Morgan fingerprint density at radius 3 is 1.46 bits per heavy atom. The molecule has 0 spiro atoms. The van der Waals surface area contributed by atoms with E-state index in [1.165, 1.54) is 0 Å². The van der Waals surface area contributed by atoms with Crippen molar-refractivity contribution in [3.8, 4) is 0 Å². The fourth-order valence-electron chi connectivity index (χ4n) is 2.75. The second kappa shape index (κ2) is 6.12. The monoisotopic (exact) mass is 320 g/mol. The van der Waals surface area contributed by atoms with Gasteiger partial charge in [-0.15, -0.1) is 0 Å². The highest BCUT2D eigenvalue weighted by Crippen LogP contribution is 2.30. The molecule has 24 heavy (non-hydrogen) atoms. The lowest BCUT2D eigenvalue weighted by atomic mass is 10.1. The summed E-state index contributed by atoms with van der Waals surface area (Å²) in [7, 11) is 0. The molecule has 1 aliphatic rings. The smallest absolute Gasteiger partial charge is 0.185 e. The Kier molecular flexibility index (Phi) is 4.00. The topological polar surface area (TPSA) is 121 Å². The fourth-order valence-corrected chi connectivity index (χ4v) is 2.75. The molecule has 0 radical (unpaired) electrons. The first-order chi connectivity index (χ1) is 11.4. The van der Waals surface area contributed by atoms with Crippen LogP contribution >= 0.6 is 0 Å². The van der Waals surface area contributed by atoms with Crippen molar-refractivity contribution in [1.29, 1.82) is 0 Å². The predicted molar refractivity (Wildman–Crippen MR) is 101 cm³/mol. The molecular weight excluding hydrogens is 300 g/mol. The maximum absolute atomic E-state index is 12.6. The van der Waals surface area contributed by atoms with Crippen LogP contribution < -0.4 is 22.9 Å². The number of allylic oxidation sites excluding steroid dienone is 2. The Labute approximate surface area is 140 Å². The van der Waals surface area contributed by atoms with E-state index in [2.05, 4.69) is 0 Å². The Hall–Kier alpha value is -3.21. The number of nitrogens with two attached hydrogens (primary N) is 4. The third-order valence-corrected chi connectivity index (χ3v) is 4.15. The van der Waals surface area contributed by atoms with Gasteiger partial charge in [0.25, 0.3) is 0 Å². The summed E-state index contributed by atoms with van der Waals surface area (Å²) < 4.78 is 0. The van der Waals surface area contributed by atoms with E-state index in [9.17, 15) is 4.79 Å². The third kappa shape index (κ3) is 3.10. The molecule has 0 atom stereocenters. The zero-order valence-electron chi connectivity index (χ0n) is 13.3. The van der Waals surface area contributed by atoms with Crippen LogP contribution in [-0.4, -0.2) is 5.78 Å². The number of ketones is 1. The summed E-state index contributed by atoms with van der Waals surface area (Å²) in [5.41, 5.74) is 28.5. The summed E-state index contributed by atoms with van der Waals surface area (Å²) in [4.78, 5) is 12.6. The van der Waals surface area contributed by atoms with Gasteiger partial charge in [0.05, 0.1) is 22.7 Å². The molecule has 0 amide bonds. The average molecular weight is 320 g/mol. The first kappa shape index (κ1) is 15.7. The molecule has 0 unspecified atom stereocenters. The van der Waals surface area contributed by atoms with Crippen LogP contribution in [0.15, 0.2) is 47.5 Å². The van der Waals surface area contributed by atoms with Gasteiger partial charge in [0.15, 0.2) is 5.78 Å². The Morgan fingerprint density at radius 1 is 0.667 bits per heavy atom. The van der Waals surface area contributed by atoms with Crippen molar-refractivity contribution >= 4 is 40.7 Å². The molecule has 122 valence electrons. The van der Waals surface area contributed by atoms with Gasteiger partial charge in [-0.05, 0) is 60.4 Å². The van der Waals surface area contributed by atoms with Crippen molar-refractivity contribution in [3.63, 3.8) is 0 Å². The van der Waals surface area contributed by atoms with Crippen molar-refractivity contribution in [3.05, 3.63) is 58.7 Å². The lowest BCUT2D eigenvalue weighted by Crippen LogP contribution is -1.98. The van der Waals surface area contributed by atoms with E-state index in [1.807, 2.05) is 24.3 Å². The molecule has 8 N–H and O–H groups in total. The molecule has 3 rings (SSSR count). The zero-order valence-corrected chi connectivity index (χ0v) is 13.3. The van der Waals surface area contributed by atoms with Crippen LogP contribution in [0, 0.1) is 0 Å². The van der Waals surface area contributed by atoms with Gasteiger partial charge >= 0.3 is 0 Å². The van der Waals surface area contributed by atoms with Gasteiger partial charge in [-0.2, -0.15) is 0 Å². The van der Waals surface area contributed by atoms with Gasteiger partial charge in [-0.3, -0.25) is 4.79 Å². The summed E-state index contributed by atoms with van der Waals surface area (Å²) in [5, 5.41) is 0. The van der Waals surface area contributed by atoms with Crippen LogP contribution in [0.4, 0.5) is 22.7 Å². The molecule has 1 fully saturated rings. The number of Topliss-reactive ketones (excluding diaryl/α,β-unsaturated/α-hetero) is 1. The van der Waals surface area contributed by atoms with Crippen molar-refractivity contribution in [1.82, 2.24) is 0 Å².